The minimum atomic E-state index is -2.94. The fourth-order valence-electron chi connectivity index (χ4n) is 3.00. The van der Waals surface area contributed by atoms with Crippen LogP contribution in [0.3, 0.4) is 0 Å². The summed E-state index contributed by atoms with van der Waals surface area (Å²) in [6.45, 7) is 6.19. The largest absolute Gasteiger partial charge is 0.284 e. The summed E-state index contributed by atoms with van der Waals surface area (Å²) in [6.07, 6.45) is 2.17. The van der Waals surface area contributed by atoms with Gasteiger partial charge in [-0.15, -0.1) is 0 Å². The lowest BCUT2D eigenvalue weighted by Gasteiger charge is -2.47. The molecule has 2 fully saturated rings. The van der Waals surface area contributed by atoms with Gasteiger partial charge in [0.05, 0.1) is 17.6 Å². The van der Waals surface area contributed by atoms with Crippen molar-refractivity contribution in [1.82, 2.24) is 4.90 Å². The zero-order valence-electron chi connectivity index (χ0n) is 10.5. The Balaban J connectivity index is 2.00. The van der Waals surface area contributed by atoms with Gasteiger partial charge in [-0.05, 0) is 37.8 Å². The van der Waals surface area contributed by atoms with Gasteiger partial charge in [-0.2, -0.15) is 5.26 Å². The molecule has 0 spiro atoms. The van der Waals surface area contributed by atoms with Crippen LogP contribution in [-0.2, 0) is 9.84 Å². The quantitative estimate of drug-likeness (QED) is 0.741. The maximum Gasteiger partial charge on any atom is 0.156 e. The van der Waals surface area contributed by atoms with Crippen LogP contribution in [-0.4, -0.2) is 43.5 Å². The Morgan fingerprint density at radius 3 is 2.18 bits per heavy atom. The number of rotatable bonds is 2. The molecule has 0 amide bonds. The first-order valence-corrected chi connectivity index (χ1v) is 8.07. The molecule has 0 N–H and O–H groups in total. The highest BCUT2D eigenvalue weighted by molar-refractivity contribution is 7.93. The third-order valence-electron chi connectivity index (χ3n) is 4.21. The van der Waals surface area contributed by atoms with Crippen LogP contribution in [0.5, 0.6) is 0 Å². The molecule has 0 bridgehead atoms. The van der Waals surface area contributed by atoms with E-state index in [2.05, 4.69) is 24.8 Å². The standard InChI is InChI=1S/C12H20N2O2S/c1-10(2)11-3-5-14(6-4-11)12(7-13)8-17(15,16)9-12/h10-11H,3-6,8-9H2,1-2H3. The maximum atomic E-state index is 11.3. The Kier molecular flexibility index (Phi) is 3.21. The van der Waals surface area contributed by atoms with Gasteiger partial charge >= 0.3 is 0 Å². The van der Waals surface area contributed by atoms with Crippen molar-refractivity contribution >= 4 is 9.84 Å². The molecule has 96 valence electrons. The average molecular weight is 256 g/mol. The van der Waals surface area contributed by atoms with Crippen molar-refractivity contribution in [2.24, 2.45) is 11.8 Å². The Hall–Kier alpha value is -0.600. The lowest BCUT2D eigenvalue weighted by molar-refractivity contribution is 0.0911. The molecule has 0 aromatic heterocycles. The first-order valence-electron chi connectivity index (χ1n) is 6.25. The third kappa shape index (κ3) is 2.34. The lowest BCUT2D eigenvalue weighted by Crippen LogP contribution is -2.66. The molecule has 4 nitrogen and oxygen atoms in total. The number of piperidine rings is 1. The summed E-state index contributed by atoms with van der Waals surface area (Å²) in [4.78, 5) is 2.09. The molecule has 5 heteroatoms. The molecule has 0 atom stereocenters. The van der Waals surface area contributed by atoms with Crippen LogP contribution in [0.25, 0.3) is 0 Å². The van der Waals surface area contributed by atoms with E-state index >= 15 is 0 Å². The number of nitrogens with zero attached hydrogens (tertiary/aromatic N) is 2. The van der Waals surface area contributed by atoms with E-state index in [4.69, 9.17) is 0 Å². The minimum absolute atomic E-state index is 0.0306. The summed E-state index contributed by atoms with van der Waals surface area (Å²) in [7, 11) is -2.94. The molecule has 2 rings (SSSR count). The zero-order valence-corrected chi connectivity index (χ0v) is 11.3. The van der Waals surface area contributed by atoms with Crippen molar-refractivity contribution in [3.8, 4) is 6.07 Å². The maximum absolute atomic E-state index is 11.3. The van der Waals surface area contributed by atoms with Crippen LogP contribution < -0.4 is 0 Å². The van der Waals surface area contributed by atoms with Crippen molar-refractivity contribution in [2.45, 2.75) is 32.2 Å². The van der Waals surface area contributed by atoms with E-state index in [-0.39, 0.29) is 11.5 Å². The summed E-state index contributed by atoms with van der Waals surface area (Å²) in [6, 6.07) is 2.23. The second kappa shape index (κ2) is 4.25. The molecule has 2 heterocycles. The van der Waals surface area contributed by atoms with Crippen LogP contribution in [0.1, 0.15) is 26.7 Å². The smallest absolute Gasteiger partial charge is 0.156 e. The fourth-order valence-corrected chi connectivity index (χ4v) is 4.86. The van der Waals surface area contributed by atoms with Gasteiger partial charge in [-0.1, -0.05) is 13.8 Å². The van der Waals surface area contributed by atoms with Crippen molar-refractivity contribution in [3.63, 3.8) is 0 Å². The predicted molar refractivity (Wildman–Crippen MR) is 66.1 cm³/mol. The number of hydrogen-bond acceptors (Lipinski definition) is 4. The number of hydrogen-bond donors (Lipinski definition) is 0. The van der Waals surface area contributed by atoms with E-state index in [1.807, 2.05) is 0 Å². The first-order chi connectivity index (χ1) is 7.88. The second-order valence-electron chi connectivity index (χ2n) is 5.74. The van der Waals surface area contributed by atoms with Crippen molar-refractivity contribution < 1.29 is 8.42 Å². The molecule has 17 heavy (non-hydrogen) atoms. The van der Waals surface area contributed by atoms with Crippen LogP contribution in [0.2, 0.25) is 0 Å². The normalized spacial score (nSPS) is 28.6. The molecule has 0 radical (unpaired) electrons. The number of sulfone groups is 1. The Labute approximate surface area is 104 Å². The van der Waals surface area contributed by atoms with Gasteiger partial charge in [0.2, 0.25) is 0 Å². The molecule has 2 aliphatic rings. The molecule has 0 aliphatic carbocycles. The molecular weight excluding hydrogens is 236 g/mol. The van der Waals surface area contributed by atoms with Gasteiger partial charge in [-0.25, -0.2) is 8.42 Å². The topological polar surface area (TPSA) is 61.2 Å². The highest BCUT2D eigenvalue weighted by atomic mass is 32.2. The van der Waals surface area contributed by atoms with Crippen LogP contribution in [0.4, 0.5) is 0 Å². The Morgan fingerprint density at radius 2 is 1.82 bits per heavy atom. The molecule has 0 aromatic carbocycles. The van der Waals surface area contributed by atoms with Crippen LogP contribution in [0.15, 0.2) is 0 Å². The van der Waals surface area contributed by atoms with E-state index in [0.29, 0.717) is 5.92 Å². The van der Waals surface area contributed by atoms with Crippen molar-refractivity contribution in [2.75, 3.05) is 24.6 Å². The number of likely N-dealkylation sites (tertiary alicyclic amines) is 1. The van der Waals surface area contributed by atoms with E-state index in [1.165, 1.54) is 0 Å². The van der Waals surface area contributed by atoms with Crippen molar-refractivity contribution in [3.05, 3.63) is 0 Å². The zero-order chi connectivity index (χ0) is 12.7. The number of nitriles is 1. The van der Waals surface area contributed by atoms with Gasteiger partial charge in [0.15, 0.2) is 9.84 Å². The van der Waals surface area contributed by atoms with Crippen LogP contribution >= 0.6 is 0 Å². The average Bonchev–Trinajstić information content (AvgIpc) is 2.25. The molecule has 2 aliphatic heterocycles. The molecule has 0 unspecified atom stereocenters. The summed E-state index contributed by atoms with van der Waals surface area (Å²) in [5.74, 6) is 1.46. The minimum Gasteiger partial charge on any atom is -0.284 e. The van der Waals surface area contributed by atoms with Gasteiger partial charge in [0.25, 0.3) is 0 Å². The fraction of sp³-hybridized carbons (Fsp3) is 0.917. The molecular formula is C12H20N2O2S. The lowest BCUT2D eigenvalue weighted by atomic mass is 9.85. The monoisotopic (exact) mass is 256 g/mol. The highest BCUT2D eigenvalue weighted by Crippen LogP contribution is 2.34. The van der Waals surface area contributed by atoms with Crippen molar-refractivity contribution in [1.29, 1.82) is 5.26 Å². The van der Waals surface area contributed by atoms with Gasteiger partial charge < -0.3 is 0 Å². The summed E-state index contributed by atoms with van der Waals surface area (Å²) >= 11 is 0. The Bertz CT molecular complexity index is 416. The molecule has 0 saturated carbocycles. The van der Waals surface area contributed by atoms with E-state index in [9.17, 15) is 13.7 Å². The van der Waals surface area contributed by atoms with Gasteiger partial charge in [-0.3, -0.25) is 4.90 Å². The van der Waals surface area contributed by atoms with Crippen LogP contribution in [0, 0.1) is 23.2 Å². The van der Waals surface area contributed by atoms with E-state index in [1.54, 1.807) is 0 Å². The Morgan fingerprint density at radius 1 is 1.29 bits per heavy atom. The highest BCUT2D eigenvalue weighted by Gasteiger charge is 2.53. The third-order valence-corrected chi connectivity index (χ3v) is 6.05. The predicted octanol–water partition coefficient (Wildman–Crippen LogP) is 1.05. The van der Waals surface area contributed by atoms with Gasteiger partial charge in [0, 0.05) is 0 Å². The van der Waals surface area contributed by atoms with E-state index < -0.39 is 15.4 Å². The summed E-state index contributed by atoms with van der Waals surface area (Å²) in [5.41, 5.74) is -0.708. The molecule has 0 aromatic rings. The van der Waals surface area contributed by atoms with E-state index in [0.717, 1.165) is 31.8 Å². The summed E-state index contributed by atoms with van der Waals surface area (Å²) < 4.78 is 22.6. The summed E-state index contributed by atoms with van der Waals surface area (Å²) in [5, 5.41) is 9.24. The molecule has 2 saturated heterocycles. The van der Waals surface area contributed by atoms with Gasteiger partial charge in [0.1, 0.15) is 5.54 Å². The second-order valence-corrected chi connectivity index (χ2v) is 7.81. The SMILES string of the molecule is CC(C)C1CCN(C2(C#N)CS(=O)(=O)C2)CC1. The first kappa shape index (κ1) is 12.8.